The van der Waals surface area contributed by atoms with E-state index >= 15 is 0 Å². The fourth-order valence-electron chi connectivity index (χ4n) is 5.05. The molecule has 5 rings (SSSR count). The highest BCUT2D eigenvalue weighted by Crippen LogP contribution is 2.44. The first-order valence-electron chi connectivity index (χ1n) is 13.2. The van der Waals surface area contributed by atoms with Crippen LogP contribution in [0.1, 0.15) is 40.8 Å². The topological polar surface area (TPSA) is 83.0 Å². The van der Waals surface area contributed by atoms with Gasteiger partial charge in [0.2, 0.25) is 5.78 Å². The molecule has 0 bridgehead atoms. The van der Waals surface area contributed by atoms with E-state index < -0.39 is 23.5 Å². The number of amides is 1. The Morgan fingerprint density at radius 3 is 2.25 bits per heavy atom. The normalized spacial score (nSPS) is 15.1. The second-order valence-corrected chi connectivity index (χ2v) is 10.4. The number of benzene rings is 3. The van der Waals surface area contributed by atoms with Gasteiger partial charge in [-0.05, 0) is 62.7 Å². The maximum absolute atomic E-state index is 14.1. The van der Waals surface area contributed by atoms with Gasteiger partial charge >= 0.3 is 0 Å². The molecule has 4 aromatic rings. The van der Waals surface area contributed by atoms with E-state index in [-0.39, 0.29) is 5.57 Å². The van der Waals surface area contributed by atoms with E-state index in [1.165, 1.54) is 16.2 Å². The number of aliphatic hydroxyl groups excluding tert-OH is 1. The van der Waals surface area contributed by atoms with E-state index in [4.69, 9.17) is 4.74 Å². The summed E-state index contributed by atoms with van der Waals surface area (Å²) in [6.45, 7) is 7.66. The molecule has 0 saturated heterocycles. The van der Waals surface area contributed by atoms with E-state index in [9.17, 15) is 14.7 Å². The van der Waals surface area contributed by atoms with E-state index in [0.29, 0.717) is 32.6 Å². The zero-order valence-corrected chi connectivity index (χ0v) is 23.7. The van der Waals surface area contributed by atoms with Gasteiger partial charge < -0.3 is 14.7 Å². The van der Waals surface area contributed by atoms with Crippen molar-refractivity contribution < 1.29 is 19.4 Å². The number of carbonyl (C=O) groups excluding carboxylic acids is 2. The lowest BCUT2D eigenvalue weighted by atomic mass is 9.94. The Kier molecular flexibility index (Phi) is 7.71. The van der Waals surface area contributed by atoms with Crippen LogP contribution in [0.5, 0.6) is 5.75 Å². The first kappa shape index (κ1) is 27.1. The third-order valence-electron chi connectivity index (χ3n) is 7.16. The summed E-state index contributed by atoms with van der Waals surface area (Å²) in [6.07, 6.45) is 0. The fraction of sp³-hybridized carbons (Fsp3) is 0.219. The maximum Gasteiger partial charge on any atom is 0.294 e. The van der Waals surface area contributed by atoms with Gasteiger partial charge in [0.05, 0.1) is 29.3 Å². The van der Waals surface area contributed by atoms with Gasteiger partial charge in [-0.3, -0.25) is 14.5 Å². The molecule has 1 aromatic heterocycles. The first-order chi connectivity index (χ1) is 19.4. The zero-order chi connectivity index (χ0) is 28.4. The summed E-state index contributed by atoms with van der Waals surface area (Å²) < 4.78 is 5.33. The van der Waals surface area contributed by atoms with Crippen LogP contribution < -0.4 is 14.5 Å². The van der Waals surface area contributed by atoms with Crippen LogP contribution in [0.3, 0.4) is 0 Å². The van der Waals surface area contributed by atoms with Gasteiger partial charge in [-0.25, -0.2) is 4.98 Å². The number of anilines is 2. The average molecular weight is 554 g/mol. The zero-order valence-electron chi connectivity index (χ0n) is 22.9. The molecular formula is C32H31N3O4S. The highest BCUT2D eigenvalue weighted by Gasteiger charge is 2.45. The van der Waals surface area contributed by atoms with Crippen LogP contribution in [0.2, 0.25) is 0 Å². The van der Waals surface area contributed by atoms with Crippen LogP contribution in [0, 0.1) is 6.92 Å². The van der Waals surface area contributed by atoms with Crippen LogP contribution in [0.4, 0.5) is 11.4 Å². The number of thiazole rings is 1. The quantitative estimate of drug-likeness (QED) is 0.231. The number of hydrogen-bond donors (Lipinski definition) is 1. The Morgan fingerprint density at radius 2 is 1.65 bits per heavy atom. The van der Waals surface area contributed by atoms with E-state index in [0.717, 1.165) is 24.3 Å². The fourth-order valence-corrected chi connectivity index (χ4v) is 6.08. The molecule has 1 unspecified atom stereocenters. The number of ether oxygens (including phenoxy) is 1. The van der Waals surface area contributed by atoms with Crippen molar-refractivity contribution in [1.82, 2.24) is 4.98 Å². The molecule has 1 amide bonds. The van der Waals surface area contributed by atoms with Gasteiger partial charge in [0, 0.05) is 30.0 Å². The van der Waals surface area contributed by atoms with Crippen molar-refractivity contribution in [2.45, 2.75) is 26.8 Å². The van der Waals surface area contributed by atoms with Crippen LogP contribution in [-0.4, -0.2) is 42.0 Å². The van der Waals surface area contributed by atoms with E-state index in [1.54, 1.807) is 26.2 Å². The third-order valence-corrected chi connectivity index (χ3v) is 8.37. The highest BCUT2D eigenvalue weighted by molar-refractivity contribution is 7.17. The maximum atomic E-state index is 14.1. The number of nitrogens with zero attached hydrogens (tertiary/aromatic N) is 3. The number of aryl methyl sites for hydroxylation is 1. The molecule has 40 heavy (non-hydrogen) atoms. The minimum absolute atomic E-state index is 0.0364. The molecule has 0 aliphatic carbocycles. The Bertz CT molecular complexity index is 1560. The number of rotatable bonds is 9. The van der Waals surface area contributed by atoms with Crippen LogP contribution in [0.25, 0.3) is 10.6 Å². The van der Waals surface area contributed by atoms with Crippen molar-refractivity contribution in [3.05, 3.63) is 106 Å². The Balaban J connectivity index is 1.59. The molecule has 7 nitrogen and oxygen atoms in total. The lowest BCUT2D eigenvalue weighted by molar-refractivity contribution is -0.117. The molecule has 1 aliphatic heterocycles. The minimum atomic E-state index is -0.827. The number of ketones is 1. The SMILES string of the molecule is CCN(CC)c1ccc(N2C(=O)C(O)=C(C(=O)c3sc(-c4ccccc4)nc3C)C2c2ccc(OC)cc2)cc1. The molecule has 1 atom stereocenters. The molecule has 1 N–H and O–H groups in total. The first-order valence-corrected chi connectivity index (χ1v) is 14.0. The smallest absolute Gasteiger partial charge is 0.294 e. The van der Waals surface area contributed by atoms with Gasteiger partial charge in [-0.2, -0.15) is 0 Å². The molecule has 3 aromatic carbocycles. The average Bonchev–Trinajstić information content (AvgIpc) is 3.51. The molecule has 1 aliphatic rings. The van der Waals surface area contributed by atoms with E-state index in [1.807, 2.05) is 66.7 Å². The van der Waals surface area contributed by atoms with Crippen LogP contribution in [-0.2, 0) is 4.79 Å². The number of methoxy groups -OCH3 is 1. The molecule has 8 heteroatoms. The predicted molar refractivity (Wildman–Crippen MR) is 159 cm³/mol. The minimum Gasteiger partial charge on any atom is -0.503 e. The number of Topliss-reactive ketones (excluding diaryl/α,β-unsaturated/α-hetero) is 1. The van der Waals surface area contributed by atoms with Crippen molar-refractivity contribution in [2.75, 3.05) is 30.0 Å². The number of aliphatic hydroxyl groups is 1. The van der Waals surface area contributed by atoms with Gasteiger partial charge in [0.15, 0.2) is 5.76 Å². The summed E-state index contributed by atoms with van der Waals surface area (Å²) in [4.78, 5) is 36.5. The van der Waals surface area contributed by atoms with Crippen molar-refractivity contribution in [1.29, 1.82) is 0 Å². The molecule has 0 saturated carbocycles. The lowest BCUT2D eigenvalue weighted by Crippen LogP contribution is -2.31. The number of hydrogen-bond acceptors (Lipinski definition) is 7. The highest BCUT2D eigenvalue weighted by atomic mass is 32.1. The standard InChI is InChI=1S/C32H31N3O4S/c1-5-34(6-2)23-14-16-24(17-15-23)35-27(21-12-18-25(39-4)19-13-21)26(29(37)32(35)38)28(36)30-20(3)33-31(40-30)22-10-8-7-9-11-22/h7-19,27,37H,5-6H2,1-4H3. The van der Waals surface area contributed by atoms with Crippen molar-refractivity contribution in [3.8, 4) is 16.3 Å². The molecule has 0 radical (unpaired) electrons. The molecule has 0 spiro atoms. The van der Waals surface area contributed by atoms with E-state index in [2.05, 4.69) is 23.7 Å². The summed E-state index contributed by atoms with van der Waals surface area (Å²) in [5, 5.41) is 11.9. The molecule has 204 valence electrons. The van der Waals surface area contributed by atoms with Crippen molar-refractivity contribution >= 4 is 34.4 Å². The predicted octanol–water partition coefficient (Wildman–Crippen LogP) is 6.76. The van der Waals surface area contributed by atoms with Crippen LogP contribution >= 0.6 is 11.3 Å². The Hall–Kier alpha value is -4.43. The molecule has 0 fully saturated rings. The van der Waals surface area contributed by atoms with Crippen molar-refractivity contribution in [3.63, 3.8) is 0 Å². The summed E-state index contributed by atoms with van der Waals surface area (Å²) in [6, 6.07) is 23.6. The van der Waals surface area contributed by atoms with Gasteiger partial charge in [-0.15, -0.1) is 11.3 Å². The van der Waals surface area contributed by atoms with Gasteiger partial charge in [0.25, 0.3) is 5.91 Å². The van der Waals surface area contributed by atoms with Crippen LogP contribution in [0.15, 0.2) is 90.2 Å². The second-order valence-electron chi connectivity index (χ2n) is 9.43. The van der Waals surface area contributed by atoms with Gasteiger partial charge in [0.1, 0.15) is 10.8 Å². The summed E-state index contributed by atoms with van der Waals surface area (Å²) in [5.41, 5.74) is 3.79. The monoisotopic (exact) mass is 553 g/mol. The molecular weight excluding hydrogens is 522 g/mol. The Morgan fingerprint density at radius 1 is 1.00 bits per heavy atom. The third kappa shape index (κ3) is 4.86. The summed E-state index contributed by atoms with van der Waals surface area (Å²) in [7, 11) is 1.58. The van der Waals surface area contributed by atoms with Crippen molar-refractivity contribution in [2.24, 2.45) is 0 Å². The van der Waals surface area contributed by atoms with Gasteiger partial charge in [-0.1, -0.05) is 42.5 Å². The molecule has 2 heterocycles. The second kappa shape index (κ2) is 11.4. The number of aromatic nitrogens is 1. The summed E-state index contributed by atoms with van der Waals surface area (Å²) >= 11 is 1.26. The summed E-state index contributed by atoms with van der Waals surface area (Å²) in [5.74, 6) is -0.931. The lowest BCUT2D eigenvalue weighted by Gasteiger charge is -2.28. The number of carbonyl (C=O) groups is 2. The Labute approximate surface area is 238 Å². The largest absolute Gasteiger partial charge is 0.503 e.